The Kier molecular flexibility index (Phi) is 4.37. The Morgan fingerprint density at radius 2 is 2.09 bits per heavy atom. The second-order valence-electron chi connectivity index (χ2n) is 5.18. The summed E-state index contributed by atoms with van der Waals surface area (Å²) in [7, 11) is 0. The van der Waals surface area contributed by atoms with Crippen LogP contribution in [0.2, 0.25) is 10.0 Å². The van der Waals surface area contributed by atoms with Crippen molar-refractivity contribution < 1.29 is 4.79 Å². The van der Waals surface area contributed by atoms with Crippen LogP contribution in [0.15, 0.2) is 30.5 Å². The fourth-order valence-corrected chi connectivity index (χ4v) is 2.75. The molecule has 2 aromatic rings. The number of carbonyl (C=O) groups is 1. The average Bonchev–Trinajstić information content (AvgIpc) is 2.57. The number of hydrogen-bond acceptors (Lipinski definition) is 3. The number of carbonyl (C=O) groups excluding carboxylic acids is 1. The number of nitriles is 1. The van der Waals surface area contributed by atoms with Crippen LogP contribution < -0.4 is 5.32 Å². The molecule has 2 amide bonds. The zero-order chi connectivity index (χ0) is 16.4. The first-order valence-electron chi connectivity index (χ1n) is 6.95. The summed E-state index contributed by atoms with van der Waals surface area (Å²) < 4.78 is 0. The predicted octanol–water partition coefficient (Wildman–Crippen LogP) is 3.85. The highest BCUT2D eigenvalue weighted by Gasteiger charge is 2.21. The zero-order valence-electron chi connectivity index (χ0n) is 12.0. The van der Waals surface area contributed by atoms with E-state index in [0.717, 1.165) is 11.1 Å². The normalized spacial score (nSPS) is 13.2. The van der Waals surface area contributed by atoms with Crippen molar-refractivity contribution in [3.8, 4) is 6.07 Å². The first-order chi connectivity index (χ1) is 11.1. The minimum absolute atomic E-state index is 0.210. The molecule has 1 aliphatic rings. The van der Waals surface area contributed by atoms with Crippen LogP contribution >= 0.6 is 23.2 Å². The first-order valence-corrected chi connectivity index (χ1v) is 7.71. The number of pyridine rings is 1. The summed E-state index contributed by atoms with van der Waals surface area (Å²) in [5, 5.41) is 12.5. The quantitative estimate of drug-likeness (QED) is 0.852. The molecule has 1 N–H and O–H groups in total. The highest BCUT2D eigenvalue weighted by atomic mass is 35.5. The maximum atomic E-state index is 12.4. The largest absolute Gasteiger partial charge is 0.322 e. The zero-order valence-corrected chi connectivity index (χ0v) is 13.5. The van der Waals surface area contributed by atoms with Crippen LogP contribution in [0.25, 0.3) is 0 Å². The Bertz CT molecular complexity index is 816. The SMILES string of the molecule is N#Cc1cc2c(cn1)CN(C(=O)Nc1ccc(Cl)c(Cl)c1)CC2. The lowest BCUT2D eigenvalue weighted by molar-refractivity contribution is 0.206. The number of benzene rings is 1. The number of amides is 2. The van der Waals surface area contributed by atoms with Gasteiger partial charge in [-0.3, -0.25) is 0 Å². The summed E-state index contributed by atoms with van der Waals surface area (Å²) in [6.07, 6.45) is 2.35. The van der Waals surface area contributed by atoms with Gasteiger partial charge < -0.3 is 10.2 Å². The number of fused-ring (bicyclic) bond motifs is 1. The summed E-state index contributed by atoms with van der Waals surface area (Å²) >= 11 is 11.8. The molecule has 0 aliphatic carbocycles. The number of halogens is 2. The molecule has 7 heteroatoms. The first kappa shape index (κ1) is 15.6. The van der Waals surface area contributed by atoms with Crippen molar-refractivity contribution in [3.05, 3.63) is 57.3 Å². The second-order valence-corrected chi connectivity index (χ2v) is 6.00. The molecule has 5 nitrogen and oxygen atoms in total. The van der Waals surface area contributed by atoms with E-state index in [2.05, 4.69) is 10.3 Å². The third-order valence-corrected chi connectivity index (χ3v) is 4.41. The molecule has 0 radical (unpaired) electrons. The number of rotatable bonds is 1. The summed E-state index contributed by atoms with van der Waals surface area (Å²) in [5.41, 5.74) is 3.01. The van der Waals surface area contributed by atoms with Gasteiger partial charge in [-0.25, -0.2) is 9.78 Å². The minimum atomic E-state index is -0.210. The van der Waals surface area contributed by atoms with Gasteiger partial charge in [0.1, 0.15) is 11.8 Å². The molecule has 0 fully saturated rings. The van der Waals surface area contributed by atoms with Crippen molar-refractivity contribution >= 4 is 34.9 Å². The lowest BCUT2D eigenvalue weighted by Crippen LogP contribution is -2.39. The molecule has 3 rings (SSSR count). The van der Waals surface area contributed by atoms with Gasteiger partial charge in [0.2, 0.25) is 0 Å². The third-order valence-electron chi connectivity index (χ3n) is 3.67. The maximum Gasteiger partial charge on any atom is 0.322 e. The molecule has 0 bridgehead atoms. The van der Waals surface area contributed by atoms with Gasteiger partial charge in [0.25, 0.3) is 0 Å². The third kappa shape index (κ3) is 3.39. The van der Waals surface area contributed by atoms with Crippen LogP contribution in [0.3, 0.4) is 0 Å². The molecule has 116 valence electrons. The van der Waals surface area contributed by atoms with Gasteiger partial charge in [0, 0.05) is 25.0 Å². The summed E-state index contributed by atoms with van der Waals surface area (Å²) in [4.78, 5) is 18.1. The van der Waals surface area contributed by atoms with Crippen molar-refractivity contribution in [3.63, 3.8) is 0 Å². The lowest BCUT2D eigenvalue weighted by atomic mass is 10.0. The van der Waals surface area contributed by atoms with Crippen LogP contribution in [0.5, 0.6) is 0 Å². The fourth-order valence-electron chi connectivity index (χ4n) is 2.45. The molecule has 0 saturated heterocycles. The van der Waals surface area contributed by atoms with Crippen LogP contribution in [0.1, 0.15) is 16.8 Å². The lowest BCUT2D eigenvalue weighted by Gasteiger charge is -2.28. The number of anilines is 1. The van der Waals surface area contributed by atoms with Crippen LogP contribution in [-0.2, 0) is 13.0 Å². The van der Waals surface area contributed by atoms with E-state index in [1.165, 1.54) is 0 Å². The molecule has 1 aliphatic heterocycles. The predicted molar refractivity (Wildman–Crippen MR) is 88.5 cm³/mol. The van der Waals surface area contributed by atoms with Crippen molar-refractivity contribution in [1.29, 1.82) is 5.26 Å². The Labute approximate surface area is 143 Å². The number of hydrogen-bond donors (Lipinski definition) is 1. The van der Waals surface area contributed by atoms with Gasteiger partial charge in [-0.05, 0) is 41.8 Å². The topological polar surface area (TPSA) is 69.0 Å². The highest BCUT2D eigenvalue weighted by Crippen LogP contribution is 2.26. The Morgan fingerprint density at radius 1 is 1.26 bits per heavy atom. The van der Waals surface area contributed by atoms with E-state index >= 15 is 0 Å². The van der Waals surface area contributed by atoms with E-state index < -0.39 is 0 Å². The van der Waals surface area contributed by atoms with Crippen molar-refractivity contribution in [2.45, 2.75) is 13.0 Å². The monoisotopic (exact) mass is 346 g/mol. The van der Waals surface area contributed by atoms with Gasteiger partial charge in [0.15, 0.2) is 0 Å². The molecule has 23 heavy (non-hydrogen) atoms. The van der Waals surface area contributed by atoms with Crippen LogP contribution in [-0.4, -0.2) is 22.5 Å². The standard InChI is InChI=1S/C16H12Cl2N4O/c17-14-2-1-12(6-15(14)18)21-16(23)22-4-3-10-5-13(7-19)20-8-11(10)9-22/h1-2,5-6,8H,3-4,9H2,(H,21,23). The Morgan fingerprint density at radius 3 is 2.83 bits per heavy atom. The number of aromatic nitrogens is 1. The summed E-state index contributed by atoms with van der Waals surface area (Å²) in [5.74, 6) is 0. The molecule has 0 unspecified atom stereocenters. The Hall–Kier alpha value is -2.29. The molecule has 2 heterocycles. The minimum Gasteiger partial charge on any atom is -0.320 e. The molecular formula is C16H12Cl2N4O. The second kappa shape index (κ2) is 6.45. The molecule has 1 aromatic carbocycles. The van der Waals surface area contributed by atoms with Crippen molar-refractivity contribution in [2.24, 2.45) is 0 Å². The van der Waals surface area contributed by atoms with Crippen molar-refractivity contribution in [2.75, 3.05) is 11.9 Å². The summed E-state index contributed by atoms with van der Waals surface area (Å²) in [6, 6.07) is 8.55. The molecule has 1 aromatic heterocycles. The molecule has 0 spiro atoms. The Balaban J connectivity index is 1.71. The molecular weight excluding hydrogens is 335 g/mol. The van der Waals surface area contributed by atoms with Gasteiger partial charge in [0.05, 0.1) is 10.0 Å². The molecule has 0 atom stereocenters. The van der Waals surface area contributed by atoms with E-state index in [0.29, 0.717) is 40.9 Å². The van der Waals surface area contributed by atoms with Crippen LogP contribution in [0, 0.1) is 11.3 Å². The smallest absolute Gasteiger partial charge is 0.320 e. The number of nitrogens with zero attached hydrogens (tertiary/aromatic N) is 3. The summed E-state index contributed by atoms with van der Waals surface area (Å²) in [6.45, 7) is 1.04. The van der Waals surface area contributed by atoms with E-state index in [1.807, 2.05) is 6.07 Å². The van der Waals surface area contributed by atoms with Crippen molar-refractivity contribution in [1.82, 2.24) is 9.88 Å². The van der Waals surface area contributed by atoms with E-state index in [9.17, 15) is 4.79 Å². The number of nitrogens with one attached hydrogen (secondary N) is 1. The van der Waals surface area contributed by atoms with Crippen LogP contribution in [0.4, 0.5) is 10.5 Å². The van der Waals surface area contributed by atoms with E-state index in [1.54, 1.807) is 35.4 Å². The van der Waals surface area contributed by atoms with E-state index in [-0.39, 0.29) is 6.03 Å². The highest BCUT2D eigenvalue weighted by molar-refractivity contribution is 6.42. The maximum absolute atomic E-state index is 12.4. The number of urea groups is 1. The van der Waals surface area contributed by atoms with Gasteiger partial charge in [-0.1, -0.05) is 23.2 Å². The van der Waals surface area contributed by atoms with E-state index in [4.69, 9.17) is 28.5 Å². The fraction of sp³-hybridized carbons (Fsp3) is 0.188. The molecule has 0 saturated carbocycles. The van der Waals surface area contributed by atoms with Gasteiger partial charge >= 0.3 is 6.03 Å². The average molecular weight is 347 g/mol. The van der Waals surface area contributed by atoms with Gasteiger partial charge in [-0.2, -0.15) is 5.26 Å². The van der Waals surface area contributed by atoms with Gasteiger partial charge in [-0.15, -0.1) is 0 Å².